The summed E-state index contributed by atoms with van der Waals surface area (Å²) in [5, 5.41) is 2.02. The topological polar surface area (TPSA) is 118 Å². The molecule has 0 bridgehead atoms. The lowest BCUT2D eigenvalue weighted by Gasteiger charge is -2.33. The van der Waals surface area contributed by atoms with Gasteiger partial charge < -0.3 is 5.32 Å². The van der Waals surface area contributed by atoms with Gasteiger partial charge in [0.1, 0.15) is 0 Å². The molecule has 7 nitrogen and oxygen atoms in total. The number of nitrogens with one attached hydrogen (secondary N) is 1. The predicted molar refractivity (Wildman–Crippen MR) is 96.6 cm³/mol. The van der Waals surface area contributed by atoms with Crippen LogP contribution in [-0.4, -0.2) is 74.3 Å². The zero-order valence-corrected chi connectivity index (χ0v) is 19.0. The van der Waals surface area contributed by atoms with Crippen LogP contribution in [0.1, 0.15) is 33.1 Å². The van der Waals surface area contributed by atoms with E-state index in [1.54, 1.807) is 0 Å². The number of carbonyl (C=O) groups is 1. The summed E-state index contributed by atoms with van der Waals surface area (Å²) in [4.78, 5) is 11.8. The Bertz CT molecular complexity index is 909. The zero-order chi connectivity index (χ0) is 27.6. The summed E-state index contributed by atoms with van der Waals surface area (Å²) in [6.45, 7) is 2.23. The standard InChI is InChI=1S/C15H21F10NO6S2/c1-11(2,8-34(30,31)32)26-10(27)4-6-33(28,29)5-3-9(13(17,18)19)7-12(16,14(20,21)22)15(23,24)25/h9H,3-8H2,1-2H3,(H,26,27)(H,30,31,32). The van der Waals surface area contributed by atoms with Gasteiger partial charge in [-0.3, -0.25) is 9.35 Å². The molecule has 0 aliphatic rings. The van der Waals surface area contributed by atoms with Crippen LogP contribution in [-0.2, 0) is 24.7 Å². The summed E-state index contributed by atoms with van der Waals surface area (Å²) in [5.74, 6) is -8.59. The molecular formula is C15H21F10NO6S2. The van der Waals surface area contributed by atoms with Gasteiger partial charge in [-0.25, -0.2) is 12.8 Å². The molecule has 0 aromatic heterocycles. The number of sulfone groups is 1. The van der Waals surface area contributed by atoms with Gasteiger partial charge in [0.15, 0.2) is 9.84 Å². The van der Waals surface area contributed by atoms with Gasteiger partial charge in [-0.1, -0.05) is 0 Å². The van der Waals surface area contributed by atoms with Crippen LogP contribution in [0.4, 0.5) is 43.9 Å². The van der Waals surface area contributed by atoms with E-state index in [1.807, 2.05) is 5.32 Å². The molecule has 34 heavy (non-hydrogen) atoms. The number of rotatable bonds is 11. The Morgan fingerprint density at radius 3 is 1.65 bits per heavy atom. The third-order valence-corrected chi connectivity index (χ3v) is 7.10. The van der Waals surface area contributed by atoms with Crippen molar-refractivity contribution in [2.45, 2.75) is 62.8 Å². The van der Waals surface area contributed by atoms with Crippen molar-refractivity contribution in [2.24, 2.45) is 5.92 Å². The van der Waals surface area contributed by atoms with Crippen LogP contribution in [0.15, 0.2) is 0 Å². The molecule has 19 heteroatoms. The predicted octanol–water partition coefficient (Wildman–Crippen LogP) is 3.37. The van der Waals surface area contributed by atoms with E-state index in [0.29, 0.717) is 0 Å². The lowest BCUT2D eigenvalue weighted by Crippen LogP contribution is -2.55. The summed E-state index contributed by atoms with van der Waals surface area (Å²) in [5.41, 5.74) is -7.85. The van der Waals surface area contributed by atoms with Crippen LogP contribution < -0.4 is 5.32 Å². The second-order valence-electron chi connectivity index (χ2n) is 8.09. The van der Waals surface area contributed by atoms with Crippen molar-refractivity contribution in [2.75, 3.05) is 17.3 Å². The van der Waals surface area contributed by atoms with Gasteiger partial charge in [-0.05, 0) is 20.3 Å². The first-order valence-electron chi connectivity index (χ1n) is 8.98. The van der Waals surface area contributed by atoms with Crippen molar-refractivity contribution in [3.8, 4) is 0 Å². The lowest BCUT2D eigenvalue weighted by atomic mass is 9.88. The van der Waals surface area contributed by atoms with E-state index in [2.05, 4.69) is 0 Å². The van der Waals surface area contributed by atoms with Crippen LogP contribution in [0.25, 0.3) is 0 Å². The summed E-state index contributed by atoms with van der Waals surface area (Å²) in [6.07, 6.45) is -25.3. The van der Waals surface area contributed by atoms with E-state index in [4.69, 9.17) is 4.55 Å². The third-order valence-electron chi connectivity index (χ3n) is 4.33. The van der Waals surface area contributed by atoms with Gasteiger partial charge in [0, 0.05) is 12.8 Å². The third kappa shape index (κ3) is 10.5. The largest absolute Gasteiger partial charge is 0.431 e. The Balaban J connectivity index is 5.36. The zero-order valence-electron chi connectivity index (χ0n) is 17.4. The molecule has 0 fully saturated rings. The van der Waals surface area contributed by atoms with E-state index in [0.717, 1.165) is 13.8 Å². The van der Waals surface area contributed by atoms with Crippen LogP contribution in [0, 0.1) is 5.92 Å². The maximum Gasteiger partial charge on any atom is 0.431 e. The molecular weight excluding hydrogens is 544 g/mol. The Hall–Kier alpha value is -1.37. The smallest absolute Gasteiger partial charge is 0.350 e. The van der Waals surface area contributed by atoms with Gasteiger partial charge >= 0.3 is 18.5 Å². The van der Waals surface area contributed by atoms with Crippen LogP contribution in [0.5, 0.6) is 0 Å². The van der Waals surface area contributed by atoms with Gasteiger partial charge in [0.2, 0.25) is 5.91 Å². The van der Waals surface area contributed by atoms with Crippen LogP contribution in [0.3, 0.4) is 0 Å². The van der Waals surface area contributed by atoms with E-state index in [9.17, 15) is 65.5 Å². The monoisotopic (exact) mass is 565 g/mol. The molecule has 0 saturated carbocycles. The Kier molecular flexibility index (Phi) is 9.90. The minimum atomic E-state index is -6.76. The molecule has 0 rings (SSSR count). The highest BCUT2D eigenvalue weighted by atomic mass is 32.2. The van der Waals surface area contributed by atoms with Crippen molar-refractivity contribution in [3.63, 3.8) is 0 Å². The highest BCUT2D eigenvalue weighted by Gasteiger charge is 2.73. The SMILES string of the molecule is CC(C)(CS(=O)(=O)O)NC(=O)CCS(=O)(=O)CCC(CC(F)(C(F)(F)F)C(F)(F)F)C(F)(F)F. The highest BCUT2D eigenvalue weighted by Crippen LogP contribution is 2.52. The number of alkyl halides is 10. The van der Waals surface area contributed by atoms with Crippen molar-refractivity contribution in [1.82, 2.24) is 5.32 Å². The van der Waals surface area contributed by atoms with E-state index in [1.165, 1.54) is 0 Å². The summed E-state index contributed by atoms with van der Waals surface area (Å²) >= 11 is 0. The van der Waals surface area contributed by atoms with E-state index >= 15 is 0 Å². The van der Waals surface area contributed by atoms with Crippen molar-refractivity contribution < 1.29 is 70.1 Å². The fourth-order valence-electron chi connectivity index (χ4n) is 2.72. The average Bonchev–Trinajstić information content (AvgIpc) is 2.50. The van der Waals surface area contributed by atoms with Gasteiger partial charge in [0.25, 0.3) is 15.8 Å². The Morgan fingerprint density at radius 2 is 1.29 bits per heavy atom. The minimum Gasteiger partial charge on any atom is -0.350 e. The molecule has 1 amide bonds. The normalized spacial score (nSPS) is 15.8. The molecule has 0 saturated heterocycles. The molecule has 0 aromatic rings. The first-order chi connectivity index (χ1) is 14.6. The molecule has 0 aliphatic carbocycles. The second kappa shape index (κ2) is 10.3. The van der Waals surface area contributed by atoms with Crippen LogP contribution >= 0.6 is 0 Å². The maximum absolute atomic E-state index is 13.7. The Labute approximate surface area is 187 Å². The minimum absolute atomic E-state index is 0.966. The van der Waals surface area contributed by atoms with Crippen molar-refractivity contribution >= 4 is 25.9 Å². The number of amides is 1. The van der Waals surface area contributed by atoms with Crippen molar-refractivity contribution in [3.05, 3.63) is 0 Å². The number of hydrogen-bond acceptors (Lipinski definition) is 5. The van der Waals surface area contributed by atoms with E-state index < -0.39 is 98.0 Å². The molecule has 1 unspecified atom stereocenters. The first kappa shape index (κ1) is 32.6. The Morgan fingerprint density at radius 1 is 0.853 bits per heavy atom. The van der Waals surface area contributed by atoms with Gasteiger partial charge in [-0.2, -0.15) is 47.9 Å². The first-order valence-corrected chi connectivity index (χ1v) is 12.4. The summed E-state index contributed by atoms with van der Waals surface area (Å²) in [7, 11) is -9.23. The molecule has 2 N–H and O–H groups in total. The quantitative estimate of drug-likeness (QED) is 0.293. The lowest BCUT2D eigenvalue weighted by molar-refractivity contribution is -0.352. The average molecular weight is 565 g/mol. The molecule has 0 aromatic carbocycles. The number of hydrogen-bond donors (Lipinski definition) is 2. The number of carbonyl (C=O) groups excluding carboxylic acids is 1. The number of halogens is 10. The summed E-state index contributed by atoms with van der Waals surface area (Å²) < 4.78 is 183. The molecule has 204 valence electrons. The fourth-order valence-corrected chi connectivity index (χ4v) is 5.05. The van der Waals surface area contributed by atoms with Gasteiger partial charge in [-0.15, -0.1) is 0 Å². The van der Waals surface area contributed by atoms with Crippen LogP contribution in [0.2, 0.25) is 0 Å². The van der Waals surface area contributed by atoms with Gasteiger partial charge in [0.05, 0.1) is 28.7 Å². The second-order valence-corrected chi connectivity index (χ2v) is 11.8. The maximum atomic E-state index is 13.7. The fraction of sp³-hybridized carbons (Fsp3) is 0.933. The molecule has 1 atom stereocenters. The summed E-state index contributed by atoms with van der Waals surface area (Å²) in [6, 6.07) is 0. The molecule has 0 radical (unpaired) electrons. The molecule has 0 aliphatic heterocycles. The van der Waals surface area contributed by atoms with E-state index in [-0.39, 0.29) is 0 Å². The van der Waals surface area contributed by atoms with Crippen molar-refractivity contribution in [1.29, 1.82) is 0 Å². The highest BCUT2D eigenvalue weighted by molar-refractivity contribution is 7.91. The molecule has 0 spiro atoms. The molecule has 0 heterocycles.